The van der Waals surface area contributed by atoms with Crippen molar-refractivity contribution < 1.29 is 14.0 Å². The van der Waals surface area contributed by atoms with Gasteiger partial charge in [0.25, 0.3) is 5.22 Å². The SMILES string of the molecule is CC(C)(C)C(=O)N1CCN(c2ccc(NC(=O)CSc3nc4cc(Cl)ccc4o3)cc2)CC1. The van der Waals surface area contributed by atoms with E-state index in [1.807, 2.05) is 49.9 Å². The summed E-state index contributed by atoms with van der Waals surface area (Å²) in [5.41, 5.74) is 2.77. The topological polar surface area (TPSA) is 78.7 Å². The van der Waals surface area contributed by atoms with Crippen LogP contribution in [0.2, 0.25) is 5.02 Å². The molecule has 0 aliphatic carbocycles. The third-order valence-electron chi connectivity index (χ3n) is 5.38. The van der Waals surface area contributed by atoms with Crippen LogP contribution >= 0.6 is 23.4 Å². The van der Waals surface area contributed by atoms with Crippen LogP contribution in [0, 0.1) is 5.41 Å². The number of nitrogens with zero attached hydrogens (tertiary/aromatic N) is 3. The van der Waals surface area contributed by atoms with Gasteiger partial charge in [0.1, 0.15) is 5.52 Å². The molecule has 3 aromatic rings. The van der Waals surface area contributed by atoms with Gasteiger partial charge in [-0.1, -0.05) is 44.1 Å². The number of nitrogens with one attached hydrogen (secondary N) is 1. The molecule has 1 aromatic heterocycles. The van der Waals surface area contributed by atoms with Crippen LogP contribution in [0.25, 0.3) is 11.1 Å². The molecule has 1 N–H and O–H groups in total. The van der Waals surface area contributed by atoms with E-state index in [1.54, 1.807) is 18.2 Å². The van der Waals surface area contributed by atoms with Crippen LogP contribution in [0.3, 0.4) is 0 Å². The van der Waals surface area contributed by atoms with Gasteiger partial charge in [-0.15, -0.1) is 0 Å². The van der Waals surface area contributed by atoms with Gasteiger partial charge in [-0.05, 0) is 42.5 Å². The number of carbonyl (C=O) groups excluding carboxylic acids is 2. The van der Waals surface area contributed by atoms with Crippen molar-refractivity contribution >= 4 is 57.7 Å². The summed E-state index contributed by atoms with van der Waals surface area (Å²) >= 11 is 7.21. The molecule has 0 bridgehead atoms. The van der Waals surface area contributed by atoms with Gasteiger partial charge in [0, 0.05) is 48.0 Å². The van der Waals surface area contributed by atoms with Crippen LogP contribution in [0.5, 0.6) is 0 Å². The zero-order valence-electron chi connectivity index (χ0n) is 18.9. The molecule has 2 aromatic carbocycles. The minimum atomic E-state index is -0.353. The normalized spacial score (nSPS) is 14.5. The van der Waals surface area contributed by atoms with Gasteiger partial charge in [-0.3, -0.25) is 9.59 Å². The predicted molar refractivity (Wildman–Crippen MR) is 133 cm³/mol. The maximum absolute atomic E-state index is 12.5. The molecule has 174 valence electrons. The van der Waals surface area contributed by atoms with Gasteiger partial charge < -0.3 is 19.5 Å². The summed E-state index contributed by atoms with van der Waals surface area (Å²) in [6, 6.07) is 13.0. The minimum absolute atomic E-state index is 0.137. The van der Waals surface area contributed by atoms with E-state index in [0.717, 1.165) is 24.5 Å². The number of thioether (sulfide) groups is 1. The van der Waals surface area contributed by atoms with Crippen LogP contribution in [0.4, 0.5) is 11.4 Å². The maximum Gasteiger partial charge on any atom is 0.257 e. The van der Waals surface area contributed by atoms with Crippen molar-refractivity contribution in [2.24, 2.45) is 5.41 Å². The summed E-state index contributed by atoms with van der Waals surface area (Å²) in [5, 5.41) is 3.93. The first-order valence-electron chi connectivity index (χ1n) is 10.8. The Kier molecular flexibility index (Phi) is 6.86. The van der Waals surface area contributed by atoms with E-state index in [9.17, 15) is 9.59 Å². The first kappa shape index (κ1) is 23.4. The number of fused-ring (bicyclic) bond motifs is 1. The second-order valence-electron chi connectivity index (χ2n) is 9.00. The number of aromatic nitrogens is 1. The summed E-state index contributed by atoms with van der Waals surface area (Å²) in [4.78, 5) is 33.4. The average Bonchev–Trinajstić information content (AvgIpc) is 3.19. The van der Waals surface area contributed by atoms with E-state index in [2.05, 4.69) is 15.2 Å². The molecule has 0 saturated carbocycles. The van der Waals surface area contributed by atoms with E-state index in [1.165, 1.54) is 11.8 Å². The fourth-order valence-electron chi connectivity index (χ4n) is 3.66. The van der Waals surface area contributed by atoms with Gasteiger partial charge >= 0.3 is 0 Å². The number of oxazole rings is 1. The van der Waals surface area contributed by atoms with Crippen molar-refractivity contribution in [2.45, 2.75) is 26.0 Å². The van der Waals surface area contributed by atoms with Gasteiger partial charge in [0.15, 0.2) is 5.58 Å². The van der Waals surface area contributed by atoms with E-state index >= 15 is 0 Å². The smallest absolute Gasteiger partial charge is 0.257 e. The molecule has 33 heavy (non-hydrogen) atoms. The summed E-state index contributed by atoms with van der Waals surface area (Å²) in [6.45, 7) is 8.88. The monoisotopic (exact) mass is 486 g/mol. The van der Waals surface area contributed by atoms with Crippen LogP contribution < -0.4 is 10.2 Å². The van der Waals surface area contributed by atoms with E-state index in [4.69, 9.17) is 16.0 Å². The fraction of sp³-hybridized carbons (Fsp3) is 0.375. The van der Waals surface area contributed by atoms with Gasteiger partial charge in [0.2, 0.25) is 11.8 Å². The Bertz CT molecular complexity index is 1150. The number of anilines is 2. The molecule has 7 nitrogen and oxygen atoms in total. The third-order valence-corrected chi connectivity index (χ3v) is 6.44. The molecule has 1 fully saturated rings. The fourth-order valence-corrected chi connectivity index (χ4v) is 4.47. The highest BCUT2D eigenvalue weighted by molar-refractivity contribution is 7.99. The summed E-state index contributed by atoms with van der Waals surface area (Å²) in [7, 11) is 0. The standard InChI is InChI=1S/C24H27ClN4O3S/c1-24(2,3)22(31)29-12-10-28(11-13-29)18-7-5-17(6-8-18)26-21(30)15-33-23-27-19-14-16(25)4-9-20(19)32-23/h4-9,14H,10-13,15H2,1-3H3,(H,26,30). The Morgan fingerprint density at radius 3 is 2.45 bits per heavy atom. The van der Waals surface area contributed by atoms with Crippen molar-refractivity contribution in [2.75, 3.05) is 42.1 Å². The Labute approximate surface area is 202 Å². The number of piperazine rings is 1. The lowest BCUT2D eigenvalue weighted by Gasteiger charge is -2.38. The molecular weight excluding hydrogens is 460 g/mol. The molecule has 0 atom stereocenters. The van der Waals surface area contributed by atoms with E-state index in [0.29, 0.717) is 34.4 Å². The number of amides is 2. The third kappa shape index (κ3) is 5.81. The number of hydrogen-bond donors (Lipinski definition) is 1. The molecule has 1 saturated heterocycles. The second kappa shape index (κ2) is 9.65. The Morgan fingerprint density at radius 1 is 1.09 bits per heavy atom. The van der Waals surface area contributed by atoms with Crippen LogP contribution in [0.15, 0.2) is 52.1 Å². The lowest BCUT2D eigenvalue weighted by Crippen LogP contribution is -2.51. The minimum Gasteiger partial charge on any atom is -0.431 e. The lowest BCUT2D eigenvalue weighted by molar-refractivity contribution is -0.139. The molecule has 2 heterocycles. The van der Waals surface area contributed by atoms with Gasteiger partial charge in [-0.25, -0.2) is 4.98 Å². The van der Waals surface area contributed by atoms with E-state index < -0.39 is 0 Å². The molecule has 4 rings (SSSR count). The molecule has 0 unspecified atom stereocenters. The first-order chi connectivity index (χ1) is 15.7. The molecule has 0 radical (unpaired) electrons. The summed E-state index contributed by atoms with van der Waals surface area (Å²) in [6.07, 6.45) is 0. The quantitative estimate of drug-likeness (QED) is 0.516. The van der Waals surface area contributed by atoms with Crippen molar-refractivity contribution in [1.82, 2.24) is 9.88 Å². The summed E-state index contributed by atoms with van der Waals surface area (Å²) in [5.74, 6) is 0.244. The predicted octanol–water partition coefficient (Wildman–Crippen LogP) is 4.91. The number of carbonyl (C=O) groups is 2. The number of rotatable bonds is 5. The lowest BCUT2D eigenvalue weighted by atomic mass is 9.94. The van der Waals surface area contributed by atoms with Crippen molar-refractivity contribution in [1.29, 1.82) is 0 Å². The molecule has 2 amide bonds. The molecule has 1 aliphatic heterocycles. The van der Waals surface area contributed by atoms with Crippen LogP contribution in [-0.2, 0) is 9.59 Å². The van der Waals surface area contributed by atoms with Crippen molar-refractivity contribution in [3.63, 3.8) is 0 Å². The van der Waals surface area contributed by atoms with Crippen molar-refractivity contribution in [3.8, 4) is 0 Å². The van der Waals surface area contributed by atoms with Crippen molar-refractivity contribution in [3.05, 3.63) is 47.5 Å². The zero-order valence-corrected chi connectivity index (χ0v) is 20.5. The average molecular weight is 487 g/mol. The highest BCUT2D eigenvalue weighted by atomic mass is 35.5. The van der Waals surface area contributed by atoms with Crippen LogP contribution in [-0.4, -0.2) is 53.6 Å². The molecular formula is C24H27ClN4O3S. The first-order valence-corrected chi connectivity index (χ1v) is 12.2. The molecule has 9 heteroatoms. The van der Waals surface area contributed by atoms with Crippen LogP contribution in [0.1, 0.15) is 20.8 Å². The maximum atomic E-state index is 12.5. The van der Waals surface area contributed by atoms with Gasteiger partial charge in [-0.2, -0.15) is 0 Å². The molecule has 0 spiro atoms. The Hall–Kier alpha value is -2.71. The largest absolute Gasteiger partial charge is 0.431 e. The second-order valence-corrected chi connectivity index (χ2v) is 10.4. The van der Waals surface area contributed by atoms with E-state index in [-0.39, 0.29) is 23.0 Å². The molecule has 1 aliphatic rings. The zero-order chi connectivity index (χ0) is 23.6. The Balaban J connectivity index is 1.27. The Morgan fingerprint density at radius 2 is 1.79 bits per heavy atom. The number of halogens is 1. The number of hydrogen-bond acceptors (Lipinski definition) is 6. The highest BCUT2D eigenvalue weighted by Crippen LogP contribution is 2.26. The van der Waals surface area contributed by atoms with Gasteiger partial charge in [0.05, 0.1) is 5.75 Å². The highest BCUT2D eigenvalue weighted by Gasteiger charge is 2.29. The summed E-state index contributed by atoms with van der Waals surface area (Å²) < 4.78 is 5.63. The number of benzene rings is 2.